The van der Waals surface area contributed by atoms with E-state index in [1.165, 1.54) is 37.7 Å². The second kappa shape index (κ2) is 4.65. The van der Waals surface area contributed by atoms with Crippen LogP contribution < -0.4 is 0 Å². The first-order chi connectivity index (χ1) is 9.02. The van der Waals surface area contributed by atoms with Gasteiger partial charge in [0, 0.05) is 0 Å². The summed E-state index contributed by atoms with van der Waals surface area (Å²) in [4.78, 5) is 0. The Morgan fingerprint density at radius 1 is 1.21 bits per heavy atom. The van der Waals surface area contributed by atoms with Crippen LogP contribution in [0, 0.1) is 11.8 Å². The van der Waals surface area contributed by atoms with Crippen LogP contribution in [0.2, 0.25) is 0 Å². The summed E-state index contributed by atoms with van der Waals surface area (Å²) >= 11 is 0. The minimum atomic E-state index is 0.459. The summed E-state index contributed by atoms with van der Waals surface area (Å²) < 4.78 is 0. The van der Waals surface area contributed by atoms with Crippen molar-refractivity contribution >= 4 is 0 Å². The first-order valence-corrected chi connectivity index (χ1v) is 8.15. The predicted octanol–water partition coefficient (Wildman–Crippen LogP) is 5.45. The van der Waals surface area contributed by atoms with Crippen LogP contribution in [0.1, 0.15) is 76.0 Å². The molecule has 2 aliphatic carbocycles. The van der Waals surface area contributed by atoms with Crippen molar-refractivity contribution in [3.63, 3.8) is 0 Å². The average Bonchev–Trinajstić information content (AvgIpc) is 2.38. The van der Waals surface area contributed by atoms with Gasteiger partial charge in [0.1, 0.15) is 0 Å². The van der Waals surface area contributed by atoms with E-state index in [0.29, 0.717) is 11.3 Å². The first-order valence-electron chi connectivity index (χ1n) is 8.15. The van der Waals surface area contributed by atoms with Gasteiger partial charge in [0.2, 0.25) is 0 Å². The fourth-order valence-corrected chi connectivity index (χ4v) is 4.79. The van der Waals surface area contributed by atoms with Crippen LogP contribution in [-0.4, -0.2) is 0 Å². The zero-order chi connectivity index (χ0) is 13.6. The van der Waals surface area contributed by atoms with Crippen molar-refractivity contribution in [3.8, 4) is 0 Å². The van der Waals surface area contributed by atoms with E-state index in [9.17, 15) is 0 Å². The summed E-state index contributed by atoms with van der Waals surface area (Å²) in [6.07, 6.45) is 6.97. The monoisotopic (exact) mass is 256 g/mol. The summed E-state index contributed by atoms with van der Waals surface area (Å²) in [6.45, 7) is 9.63. The summed E-state index contributed by atoms with van der Waals surface area (Å²) in [5.74, 6) is 2.48. The molecule has 0 nitrogen and oxygen atoms in total. The van der Waals surface area contributed by atoms with Crippen LogP contribution in [0.15, 0.2) is 18.2 Å². The number of aryl methyl sites for hydroxylation is 1. The summed E-state index contributed by atoms with van der Waals surface area (Å²) in [5, 5.41) is 0. The van der Waals surface area contributed by atoms with Gasteiger partial charge in [-0.05, 0) is 59.1 Å². The molecule has 0 radical (unpaired) electrons. The lowest BCUT2D eigenvalue weighted by molar-refractivity contribution is 0.118. The second-order valence-electron chi connectivity index (χ2n) is 7.50. The summed E-state index contributed by atoms with van der Waals surface area (Å²) in [6, 6.07) is 7.35. The van der Waals surface area contributed by atoms with Crippen LogP contribution in [0.3, 0.4) is 0 Å². The number of rotatable bonds is 1. The zero-order valence-electron chi connectivity index (χ0n) is 13.0. The van der Waals surface area contributed by atoms with Gasteiger partial charge in [0.25, 0.3) is 0 Å². The van der Waals surface area contributed by atoms with E-state index in [1.54, 1.807) is 11.1 Å². The smallest absolute Gasteiger partial charge is 0.00417 e. The molecule has 19 heavy (non-hydrogen) atoms. The minimum absolute atomic E-state index is 0.459. The summed E-state index contributed by atoms with van der Waals surface area (Å²) in [7, 11) is 0. The molecule has 0 aliphatic heterocycles. The van der Waals surface area contributed by atoms with Crippen molar-refractivity contribution < 1.29 is 0 Å². The van der Waals surface area contributed by atoms with Gasteiger partial charge in [-0.2, -0.15) is 0 Å². The Kier molecular flexibility index (Phi) is 3.23. The Labute approximate surface area is 118 Å². The van der Waals surface area contributed by atoms with Crippen LogP contribution >= 0.6 is 0 Å². The van der Waals surface area contributed by atoms with Gasteiger partial charge in [-0.15, -0.1) is 0 Å². The van der Waals surface area contributed by atoms with Crippen LogP contribution in [-0.2, 0) is 11.8 Å². The zero-order valence-corrected chi connectivity index (χ0v) is 13.0. The highest BCUT2D eigenvalue weighted by atomic mass is 14.5. The van der Waals surface area contributed by atoms with Crippen LogP contribution in [0.4, 0.5) is 0 Å². The number of fused-ring (bicyclic) bond motifs is 3. The quantitative estimate of drug-likeness (QED) is 0.626. The van der Waals surface area contributed by atoms with Gasteiger partial charge < -0.3 is 0 Å². The molecule has 1 fully saturated rings. The molecule has 2 aliphatic rings. The van der Waals surface area contributed by atoms with Gasteiger partial charge in [0.05, 0.1) is 0 Å². The van der Waals surface area contributed by atoms with E-state index in [-0.39, 0.29) is 0 Å². The van der Waals surface area contributed by atoms with Crippen LogP contribution in [0.25, 0.3) is 0 Å². The fourth-order valence-electron chi connectivity index (χ4n) is 4.79. The second-order valence-corrected chi connectivity index (χ2v) is 7.50. The first kappa shape index (κ1) is 13.2. The molecule has 104 valence electrons. The molecule has 0 bridgehead atoms. The molecule has 1 unspecified atom stereocenters. The van der Waals surface area contributed by atoms with Crippen molar-refractivity contribution in [1.29, 1.82) is 0 Å². The van der Waals surface area contributed by atoms with Gasteiger partial charge in [-0.3, -0.25) is 0 Å². The van der Waals surface area contributed by atoms with Crippen molar-refractivity contribution in [2.45, 2.75) is 71.1 Å². The van der Waals surface area contributed by atoms with Crippen LogP contribution in [0.5, 0.6) is 0 Å². The van der Waals surface area contributed by atoms with E-state index in [0.717, 1.165) is 11.8 Å². The molecular formula is C19H28. The minimum Gasteiger partial charge on any atom is -0.0622 e. The maximum absolute atomic E-state index is 2.54. The lowest BCUT2D eigenvalue weighted by atomic mass is 9.55. The van der Waals surface area contributed by atoms with Gasteiger partial charge in [-0.25, -0.2) is 0 Å². The topological polar surface area (TPSA) is 0 Å². The average molecular weight is 256 g/mol. The highest BCUT2D eigenvalue weighted by Crippen LogP contribution is 2.52. The highest BCUT2D eigenvalue weighted by molar-refractivity contribution is 5.41. The molecule has 0 amide bonds. The predicted molar refractivity (Wildman–Crippen MR) is 82.7 cm³/mol. The Morgan fingerprint density at radius 3 is 2.74 bits per heavy atom. The Balaban J connectivity index is 2.04. The van der Waals surface area contributed by atoms with E-state index in [2.05, 4.69) is 45.9 Å². The van der Waals surface area contributed by atoms with E-state index < -0.39 is 0 Å². The molecule has 3 atom stereocenters. The van der Waals surface area contributed by atoms with Gasteiger partial charge in [0.15, 0.2) is 0 Å². The number of hydrogen-bond donors (Lipinski definition) is 0. The van der Waals surface area contributed by atoms with Crippen molar-refractivity contribution in [3.05, 3.63) is 34.9 Å². The third-order valence-corrected chi connectivity index (χ3v) is 6.00. The summed E-state index contributed by atoms with van der Waals surface area (Å²) in [5.41, 5.74) is 5.31. The molecule has 0 N–H and O–H groups in total. The lowest BCUT2D eigenvalue weighted by Crippen LogP contribution is -2.43. The molecule has 1 saturated carbocycles. The molecule has 0 heteroatoms. The molecular weight excluding hydrogens is 228 g/mol. The standard InChI is InChI=1S/C19H28/c1-13(2)15-7-10-18-16(12-15)8-9-17-14(3)6-5-11-19(17,18)4/h7,10,12-14,17H,5-6,8-9,11H2,1-4H3/t14-,17?,19-/m0/s1. The maximum atomic E-state index is 2.54. The number of hydrogen-bond acceptors (Lipinski definition) is 0. The molecule has 3 rings (SSSR count). The molecule has 0 spiro atoms. The maximum Gasteiger partial charge on any atom is -0.00417 e. The Bertz CT molecular complexity index is 471. The number of benzene rings is 1. The third-order valence-electron chi connectivity index (χ3n) is 6.00. The third kappa shape index (κ3) is 2.04. The normalized spacial score (nSPS) is 33.9. The molecule has 0 saturated heterocycles. The SMILES string of the molecule is CC(C)c1ccc2c(c1)CCC1[C@@H](C)CCC[C@]21C. The Hall–Kier alpha value is -0.780. The fraction of sp³-hybridized carbons (Fsp3) is 0.684. The van der Waals surface area contributed by atoms with E-state index >= 15 is 0 Å². The molecule has 1 aromatic rings. The van der Waals surface area contributed by atoms with Crippen molar-refractivity contribution in [2.75, 3.05) is 0 Å². The van der Waals surface area contributed by atoms with E-state index in [4.69, 9.17) is 0 Å². The van der Waals surface area contributed by atoms with Crippen molar-refractivity contribution in [1.82, 2.24) is 0 Å². The van der Waals surface area contributed by atoms with Crippen molar-refractivity contribution in [2.24, 2.45) is 11.8 Å². The lowest BCUT2D eigenvalue weighted by Gasteiger charge is -2.49. The van der Waals surface area contributed by atoms with Gasteiger partial charge in [-0.1, -0.05) is 58.7 Å². The largest absolute Gasteiger partial charge is 0.0622 e. The molecule has 1 aromatic carbocycles. The highest BCUT2D eigenvalue weighted by Gasteiger charge is 2.44. The Morgan fingerprint density at radius 2 is 2.00 bits per heavy atom. The molecule has 0 heterocycles. The molecule has 0 aromatic heterocycles. The van der Waals surface area contributed by atoms with Gasteiger partial charge >= 0.3 is 0 Å². The van der Waals surface area contributed by atoms with E-state index in [1.807, 2.05) is 0 Å².